The predicted molar refractivity (Wildman–Crippen MR) is 113 cm³/mol. The van der Waals surface area contributed by atoms with Crippen molar-refractivity contribution >= 4 is 23.1 Å². The van der Waals surface area contributed by atoms with Gasteiger partial charge in [0.25, 0.3) is 0 Å². The molecule has 1 aromatic carbocycles. The zero-order chi connectivity index (χ0) is 20.4. The van der Waals surface area contributed by atoms with Crippen LogP contribution in [-0.4, -0.2) is 37.5 Å². The Hall–Kier alpha value is -2.87. The van der Waals surface area contributed by atoms with Gasteiger partial charge in [-0.2, -0.15) is 10.1 Å². The highest BCUT2D eigenvalue weighted by Crippen LogP contribution is 2.38. The van der Waals surface area contributed by atoms with Crippen molar-refractivity contribution in [3.8, 4) is 11.4 Å². The molecule has 2 aliphatic rings. The normalized spacial score (nSPS) is 12.7. The van der Waals surface area contributed by atoms with Crippen LogP contribution < -0.4 is 16.4 Å². The Morgan fingerprint density at radius 3 is 2.32 bits per heavy atom. The van der Waals surface area contributed by atoms with E-state index in [1.54, 1.807) is 6.92 Å². The molecular formula is C20H29N7O. The highest BCUT2D eigenvalue weighted by atomic mass is 16.3. The molecule has 1 atom stereocenters. The summed E-state index contributed by atoms with van der Waals surface area (Å²) in [4.78, 5) is 4.78. The van der Waals surface area contributed by atoms with Gasteiger partial charge >= 0.3 is 0 Å². The molecule has 2 heterocycles. The van der Waals surface area contributed by atoms with Crippen LogP contribution in [0, 0.1) is 0 Å². The van der Waals surface area contributed by atoms with Crippen molar-refractivity contribution in [3.63, 3.8) is 0 Å². The predicted octanol–water partition coefficient (Wildman–Crippen LogP) is 3.60. The number of aliphatic hydroxyl groups is 1. The molecule has 0 spiro atoms. The van der Waals surface area contributed by atoms with Crippen LogP contribution in [0.4, 0.5) is 23.1 Å². The van der Waals surface area contributed by atoms with Crippen molar-refractivity contribution in [1.82, 2.24) is 19.7 Å². The molecule has 8 heteroatoms. The van der Waals surface area contributed by atoms with Gasteiger partial charge in [0.1, 0.15) is 0 Å². The van der Waals surface area contributed by atoms with Crippen molar-refractivity contribution in [2.75, 3.05) is 22.9 Å². The standard InChI is InChI=1S/C20H29N7O/c1-11(2)16-18-17(26-25-16)19(23-15-8-6-14(21)7-9-15)24-20(22-10-13(5)28)27(18)12(3)4/h6-9,11-13,23,28H,10,21H2,1-5H3,(H,22,24). The van der Waals surface area contributed by atoms with Gasteiger partial charge < -0.3 is 26.0 Å². The second kappa shape index (κ2) is 8.02. The maximum atomic E-state index is 9.74. The minimum Gasteiger partial charge on any atom is -0.399 e. The van der Waals surface area contributed by atoms with Gasteiger partial charge in [-0.1, -0.05) is 13.8 Å². The third kappa shape index (κ3) is 4.01. The quantitative estimate of drug-likeness (QED) is 0.461. The molecule has 0 amide bonds. The Kier molecular flexibility index (Phi) is 5.69. The number of nitrogen functional groups attached to an aromatic ring is 1. The van der Waals surface area contributed by atoms with Crippen molar-refractivity contribution in [3.05, 3.63) is 30.0 Å². The number of rotatable bonds is 7. The number of fused-ring (bicyclic) bond motifs is 1. The van der Waals surface area contributed by atoms with Crippen LogP contribution >= 0.6 is 0 Å². The molecule has 0 bridgehead atoms. The van der Waals surface area contributed by atoms with Crippen LogP contribution in [0.15, 0.2) is 24.3 Å². The summed E-state index contributed by atoms with van der Waals surface area (Å²) >= 11 is 0. The molecule has 150 valence electrons. The molecule has 3 rings (SSSR count). The largest absolute Gasteiger partial charge is 0.399 e. The fourth-order valence-electron chi connectivity index (χ4n) is 3.08. The summed E-state index contributed by atoms with van der Waals surface area (Å²) in [5, 5.41) is 25.2. The van der Waals surface area contributed by atoms with E-state index < -0.39 is 6.10 Å². The SMILES string of the molecule is CC(O)CNc1nc(Nc2ccc(N)cc2)c2nnc(C(C)C)c-2n1C(C)C. The monoisotopic (exact) mass is 383 g/mol. The lowest BCUT2D eigenvalue weighted by Crippen LogP contribution is -2.22. The summed E-state index contributed by atoms with van der Waals surface area (Å²) in [6.07, 6.45) is -0.493. The molecule has 2 aliphatic heterocycles. The van der Waals surface area contributed by atoms with E-state index in [0.29, 0.717) is 24.0 Å². The van der Waals surface area contributed by atoms with Gasteiger partial charge in [0.2, 0.25) is 5.95 Å². The van der Waals surface area contributed by atoms with E-state index in [2.05, 4.69) is 53.1 Å². The minimum absolute atomic E-state index is 0.139. The molecule has 1 aromatic rings. The smallest absolute Gasteiger partial charge is 0.205 e. The van der Waals surface area contributed by atoms with Gasteiger partial charge in [0.15, 0.2) is 11.5 Å². The van der Waals surface area contributed by atoms with E-state index in [-0.39, 0.29) is 12.0 Å². The fourth-order valence-corrected chi connectivity index (χ4v) is 3.08. The van der Waals surface area contributed by atoms with Gasteiger partial charge in [0, 0.05) is 24.0 Å². The summed E-state index contributed by atoms with van der Waals surface area (Å²) in [7, 11) is 0. The lowest BCUT2D eigenvalue weighted by atomic mass is 10.1. The molecule has 0 fully saturated rings. The number of aromatic nitrogens is 4. The van der Waals surface area contributed by atoms with Crippen LogP contribution in [0.3, 0.4) is 0 Å². The number of nitrogens with one attached hydrogen (secondary N) is 2. The first-order chi connectivity index (χ1) is 13.3. The summed E-state index contributed by atoms with van der Waals surface area (Å²) in [5.41, 5.74) is 9.94. The molecule has 0 saturated carbocycles. The molecule has 0 saturated heterocycles. The first-order valence-corrected chi connectivity index (χ1v) is 9.61. The lowest BCUT2D eigenvalue weighted by molar-refractivity contribution is 0.208. The third-order valence-electron chi connectivity index (χ3n) is 4.43. The molecule has 0 aromatic heterocycles. The number of aliphatic hydroxyl groups excluding tert-OH is 1. The first kappa shape index (κ1) is 19.9. The van der Waals surface area contributed by atoms with E-state index in [9.17, 15) is 5.11 Å². The number of nitrogens with two attached hydrogens (primary N) is 1. The number of anilines is 4. The summed E-state index contributed by atoms with van der Waals surface area (Å²) in [5.74, 6) is 1.49. The van der Waals surface area contributed by atoms with Crippen molar-refractivity contribution in [2.45, 2.75) is 52.7 Å². The first-order valence-electron chi connectivity index (χ1n) is 9.61. The molecule has 28 heavy (non-hydrogen) atoms. The average Bonchev–Trinajstić information content (AvgIpc) is 3.06. The molecular weight excluding hydrogens is 354 g/mol. The second-order valence-electron chi connectivity index (χ2n) is 7.66. The topological polar surface area (TPSA) is 114 Å². The van der Waals surface area contributed by atoms with E-state index in [4.69, 9.17) is 10.7 Å². The maximum Gasteiger partial charge on any atom is 0.205 e. The van der Waals surface area contributed by atoms with Crippen LogP contribution in [0.5, 0.6) is 0 Å². The van der Waals surface area contributed by atoms with Gasteiger partial charge in [-0.3, -0.25) is 0 Å². The number of hydrogen-bond donors (Lipinski definition) is 4. The molecule has 0 radical (unpaired) electrons. The number of hydrogen-bond acceptors (Lipinski definition) is 7. The Balaban J connectivity index is 2.16. The van der Waals surface area contributed by atoms with E-state index in [1.165, 1.54) is 0 Å². The summed E-state index contributed by atoms with van der Waals surface area (Å²) in [6.45, 7) is 10.5. The number of benzene rings is 1. The highest BCUT2D eigenvalue weighted by Gasteiger charge is 2.28. The second-order valence-corrected chi connectivity index (χ2v) is 7.66. The van der Waals surface area contributed by atoms with Crippen molar-refractivity contribution in [1.29, 1.82) is 0 Å². The van der Waals surface area contributed by atoms with E-state index in [0.717, 1.165) is 22.8 Å². The lowest BCUT2D eigenvalue weighted by Gasteiger charge is -2.24. The zero-order valence-corrected chi connectivity index (χ0v) is 17.1. The molecule has 8 nitrogen and oxygen atoms in total. The van der Waals surface area contributed by atoms with Crippen LogP contribution in [-0.2, 0) is 0 Å². The van der Waals surface area contributed by atoms with Crippen LogP contribution in [0.2, 0.25) is 0 Å². The fraction of sp³-hybridized carbons (Fsp3) is 0.450. The van der Waals surface area contributed by atoms with Gasteiger partial charge in [-0.05, 0) is 51.0 Å². The highest BCUT2D eigenvalue weighted by molar-refractivity contribution is 5.78. The van der Waals surface area contributed by atoms with Gasteiger partial charge in [0.05, 0.1) is 17.5 Å². The maximum absolute atomic E-state index is 9.74. The average molecular weight is 384 g/mol. The Bertz CT molecular complexity index is 900. The number of nitrogens with zero attached hydrogens (tertiary/aromatic N) is 4. The Labute approximate surface area is 165 Å². The van der Waals surface area contributed by atoms with Crippen LogP contribution in [0.25, 0.3) is 11.4 Å². The van der Waals surface area contributed by atoms with E-state index in [1.807, 2.05) is 24.3 Å². The molecule has 1 unspecified atom stereocenters. The van der Waals surface area contributed by atoms with Gasteiger partial charge in [-0.15, -0.1) is 5.10 Å². The Morgan fingerprint density at radius 2 is 1.75 bits per heavy atom. The van der Waals surface area contributed by atoms with Crippen molar-refractivity contribution < 1.29 is 5.11 Å². The van der Waals surface area contributed by atoms with Crippen molar-refractivity contribution in [2.24, 2.45) is 0 Å². The summed E-state index contributed by atoms with van der Waals surface area (Å²) < 4.78 is 2.10. The third-order valence-corrected chi connectivity index (χ3v) is 4.43. The zero-order valence-electron chi connectivity index (χ0n) is 17.1. The molecule has 5 N–H and O–H groups in total. The Morgan fingerprint density at radius 1 is 1.07 bits per heavy atom. The van der Waals surface area contributed by atoms with E-state index >= 15 is 0 Å². The molecule has 0 aliphatic carbocycles. The van der Waals surface area contributed by atoms with Crippen LogP contribution in [0.1, 0.15) is 52.3 Å². The minimum atomic E-state index is -0.493. The van der Waals surface area contributed by atoms with Gasteiger partial charge in [-0.25, -0.2) is 0 Å². The summed E-state index contributed by atoms with van der Waals surface area (Å²) in [6, 6.07) is 7.60.